The molecule has 106 valence electrons. The molecule has 0 spiro atoms. The van der Waals surface area contributed by atoms with E-state index in [9.17, 15) is 4.39 Å². The SMILES string of the molecule is CCc1ccc(N(C)c2ccc(C(C)N)cc2F)cc1. The maximum absolute atomic E-state index is 14.2. The maximum atomic E-state index is 14.2. The number of anilines is 2. The Morgan fingerprint density at radius 2 is 1.80 bits per heavy atom. The van der Waals surface area contributed by atoms with E-state index in [4.69, 9.17) is 5.73 Å². The van der Waals surface area contributed by atoms with Gasteiger partial charge in [0.25, 0.3) is 0 Å². The summed E-state index contributed by atoms with van der Waals surface area (Å²) in [6.07, 6.45) is 1.00. The van der Waals surface area contributed by atoms with Crippen LogP contribution in [0.3, 0.4) is 0 Å². The van der Waals surface area contributed by atoms with Gasteiger partial charge in [0.15, 0.2) is 0 Å². The number of nitrogens with two attached hydrogens (primary N) is 1. The second kappa shape index (κ2) is 6.06. The molecule has 1 unspecified atom stereocenters. The van der Waals surface area contributed by atoms with Crippen molar-refractivity contribution in [3.8, 4) is 0 Å². The Kier molecular flexibility index (Phi) is 4.40. The molecule has 0 saturated carbocycles. The third-order valence-electron chi connectivity index (χ3n) is 3.59. The fraction of sp³-hybridized carbons (Fsp3) is 0.294. The zero-order valence-electron chi connectivity index (χ0n) is 12.2. The molecule has 0 aliphatic rings. The average Bonchev–Trinajstić information content (AvgIpc) is 2.46. The van der Waals surface area contributed by atoms with Crippen molar-refractivity contribution in [3.63, 3.8) is 0 Å². The first kappa shape index (κ1) is 14.5. The lowest BCUT2D eigenvalue weighted by molar-refractivity contribution is 0.622. The first-order chi connectivity index (χ1) is 9.52. The minimum Gasteiger partial charge on any atom is -0.342 e. The number of aryl methyl sites for hydroxylation is 1. The molecule has 0 fully saturated rings. The molecule has 0 aromatic heterocycles. The topological polar surface area (TPSA) is 29.3 Å². The van der Waals surface area contributed by atoms with E-state index in [-0.39, 0.29) is 11.9 Å². The molecule has 20 heavy (non-hydrogen) atoms. The van der Waals surface area contributed by atoms with Crippen LogP contribution in [0.5, 0.6) is 0 Å². The summed E-state index contributed by atoms with van der Waals surface area (Å²) in [6, 6.07) is 13.2. The molecule has 2 N–H and O–H groups in total. The van der Waals surface area contributed by atoms with Crippen LogP contribution in [0.25, 0.3) is 0 Å². The summed E-state index contributed by atoms with van der Waals surface area (Å²) >= 11 is 0. The Balaban J connectivity index is 2.30. The quantitative estimate of drug-likeness (QED) is 0.905. The Morgan fingerprint density at radius 3 is 2.30 bits per heavy atom. The van der Waals surface area contributed by atoms with Crippen molar-refractivity contribution >= 4 is 11.4 Å². The van der Waals surface area contributed by atoms with Crippen molar-refractivity contribution in [2.24, 2.45) is 5.73 Å². The highest BCUT2D eigenvalue weighted by molar-refractivity contribution is 5.63. The van der Waals surface area contributed by atoms with Crippen LogP contribution < -0.4 is 10.6 Å². The minimum absolute atomic E-state index is 0.160. The summed E-state index contributed by atoms with van der Waals surface area (Å²) in [5.41, 5.74) is 9.37. The van der Waals surface area contributed by atoms with Gasteiger partial charge >= 0.3 is 0 Å². The summed E-state index contributed by atoms with van der Waals surface area (Å²) < 4.78 is 14.2. The molecule has 0 saturated heterocycles. The average molecular weight is 272 g/mol. The predicted octanol–water partition coefficient (Wildman–Crippen LogP) is 4.18. The van der Waals surface area contributed by atoms with E-state index in [1.807, 2.05) is 37.1 Å². The molecular formula is C17H21FN2. The monoisotopic (exact) mass is 272 g/mol. The van der Waals surface area contributed by atoms with E-state index in [2.05, 4.69) is 19.1 Å². The fourth-order valence-electron chi connectivity index (χ4n) is 2.17. The molecule has 0 amide bonds. The second-order valence-corrected chi connectivity index (χ2v) is 5.08. The van der Waals surface area contributed by atoms with Crippen molar-refractivity contribution in [2.45, 2.75) is 26.3 Å². The Labute approximate surface area is 120 Å². The molecule has 0 aliphatic heterocycles. The lowest BCUT2D eigenvalue weighted by Gasteiger charge is -2.21. The van der Waals surface area contributed by atoms with Crippen molar-refractivity contribution in [1.82, 2.24) is 0 Å². The normalized spacial score (nSPS) is 12.2. The van der Waals surface area contributed by atoms with Crippen molar-refractivity contribution in [1.29, 1.82) is 0 Å². The fourth-order valence-corrected chi connectivity index (χ4v) is 2.17. The van der Waals surface area contributed by atoms with Gasteiger partial charge in [-0.05, 0) is 48.7 Å². The van der Waals surface area contributed by atoms with Gasteiger partial charge in [-0.1, -0.05) is 25.1 Å². The first-order valence-electron chi connectivity index (χ1n) is 6.90. The van der Waals surface area contributed by atoms with Crippen LogP contribution in [0.1, 0.15) is 31.0 Å². The van der Waals surface area contributed by atoms with Gasteiger partial charge in [-0.25, -0.2) is 4.39 Å². The van der Waals surface area contributed by atoms with Crippen LogP contribution in [0.4, 0.5) is 15.8 Å². The van der Waals surface area contributed by atoms with E-state index < -0.39 is 0 Å². The maximum Gasteiger partial charge on any atom is 0.147 e. The largest absolute Gasteiger partial charge is 0.342 e. The van der Waals surface area contributed by atoms with Gasteiger partial charge in [-0.3, -0.25) is 0 Å². The molecule has 2 rings (SSSR count). The number of hydrogen-bond acceptors (Lipinski definition) is 2. The molecule has 0 radical (unpaired) electrons. The van der Waals surface area contributed by atoms with Gasteiger partial charge < -0.3 is 10.6 Å². The molecule has 0 aliphatic carbocycles. The predicted molar refractivity (Wildman–Crippen MR) is 82.9 cm³/mol. The van der Waals surface area contributed by atoms with E-state index >= 15 is 0 Å². The molecule has 0 bridgehead atoms. The highest BCUT2D eigenvalue weighted by Gasteiger charge is 2.11. The van der Waals surface area contributed by atoms with Crippen molar-refractivity contribution in [3.05, 3.63) is 59.4 Å². The minimum atomic E-state index is -0.248. The smallest absolute Gasteiger partial charge is 0.147 e. The van der Waals surface area contributed by atoms with Crippen LogP contribution in [0.15, 0.2) is 42.5 Å². The number of halogens is 1. The van der Waals surface area contributed by atoms with Crippen LogP contribution in [0.2, 0.25) is 0 Å². The van der Waals surface area contributed by atoms with Crippen LogP contribution in [-0.2, 0) is 6.42 Å². The van der Waals surface area contributed by atoms with Gasteiger partial charge in [0.05, 0.1) is 5.69 Å². The van der Waals surface area contributed by atoms with Gasteiger partial charge in [0.1, 0.15) is 5.82 Å². The van der Waals surface area contributed by atoms with E-state index in [0.717, 1.165) is 17.7 Å². The van der Waals surface area contributed by atoms with E-state index in [1.165, 1.54) is 11.6 Å². The Morgan fingerprint density at radius 1 is 1.15 bits per heavy atom. The molecule has 0 heterocycles. The summed E-state index contributed by atoms with van der Waals surface area (Å²) in [5, 5.41) is 0. The lowest BCUT2D eigenvalue weighted by Crippen LogP contribution is -2.12. The van der Waals surface area contributed by atoms with Crippen LogP contribution in [-0.4, -0.2) is 7.05 Å². The zero-order chi connectivity index (χ0) is 14.7. The van der Waals surface area contributed by atoms with E-state index in [1.54, 1.807) is 6.07 Å². The summed E-state index contributed by atoms with van der Waals surface area (Å²) in [7, 11) is 1.87. The summed E-state index contributed by atoms with van der Waals surface area (Å²) in [5.74, 6) is -0.248. The third kappa shape index (κ3) is 2.99. The Hall–Kier alpha value is -1.87. The summed E-state index contributed by atoms with van der Waals surface area (Å²) in [4.78, 5) is 1.85. The highest BCUT2D eigenvalue weighted by atomic mass is 19.1. The molecular weight excluding hydrogens is 251 g/mol. The van der Waals surface area contributed by atoms with Gasteiger partial charge in [0, 0.05) is 18.8 Å². The third-order valence-corrected chi connectivity index (χ3v) is 3.59. The number of hydrogen-bond donors (Lipinski definition) is 1. The number of benzene rings is 2. The van der Waals surface area contributed by atoms with Crippen molar-refractivity contribution in [2.75, 3.05) is 11.9 Å². The first-order valence-corrected chi connectivity index (χ1v) is 6.90. The zero-order valence-corrected chi connectivity index (χ0v) is 12.2. The van der Waals surface area contributed by atoms with Crippen LogP contribution >= 0.6 is 0 Å². The molecule has 3 heteroatoms. The van der Waals surface area contributed by atoms with Gasteiger partial charge in [-0.2, -0.15) is 0 Å². The van der Waals surface area contributed by atoms with Crippen molar-refractivity contribution < 1.29 is 4.39 Å². The molecule has 1 atom stereocenters. The van der Waals surface area contributed by atoms with E-state index in [0.29, 0.717) is 5.69 Å². The van der Waals surface area contributed by atoms with Gasteiger partial charge in [0.2, 0.25) is 0 Å². The Bertz CT molecular complexity index is 576. The molecule has 2 aromatic carbocycles. The molecule has 2 nitrogen and oxygen atoms in total. The number of nitrogens with zero attached hydrogens (tertiary/aromatic N) is 1. The summed E-state index contributed by atoms with van der Waals surface area (Å²) in [6.45, 7) is 3.97. The van der Waals surface area contributed by atoms with Gasteiger partial charge in [-0.15, -0.1) is 0 Å². The highest BCUT2D eigenvalue weighted by Crippen LogP contribution is 2.28. The number of rotatable bonds is 4. The van der Waals surface area contributed by atoms with Crippen LogP contribution in [0, 0.1) is 5.82 Å². The standard InChI is InChI=1S/C17H21FN2/c1-4-13-5-8-15(9-6-13)20(3)17-10-7-14(12(2)19)11-16(17)18/h5-12H,4,19H2,1-3H3. The lowest BCUT2D eigenvalue weighted by atomic mass is 10.1. The second-order valence-electron chi connectivity index (χ2n) is 5.08. The molecule has 2 aromatic rings.